The number of ether oxygens (including phenoxy) is 1. The summed E-state index contributed by atoms with van der Waals surface area (Å²) >= 11 is 6.04. The Bertz CT molecular complexity index is 580. The zero-order valence-corrected chi connectivity index (χ0v) is 12.9. The Morgan fingerprint density at radius 3 is 2.80 bits per heavy atom. The molecule has 108 valence electrons. The normalized spacial score (nSPS) is 10.8. The van der Waals surface area contributed by atoms with Crippen LogP contribution in [-0.2, 0) is 20.2 Å². The van der Waals surface area contributed by atoms with E-state index in [-0.39, 0.29) is 0 Å². The highest BCUT2D eigenvalue weighted by Gasteiger charge is 2.07. The van der Waals surface area contributed by atoms with Gasteiger partial charge >= 0.3 is 0 Å². The summed E-state index contributed by atoms with van der Waals surface area (Å²) in [6.07, 6.45) is 0. The third kappa shape index (κ3) is 3.74. The molecule has 2 rings (SSSR count). The van der Waals surface area contributed by atoms with E-state index in [0.29, 0.717) is 6.61 Å². The van der Waals surface area contributed by atoms with Gasteiger partial charge in [0.2, 0.25) is 0 Å². The summed E-state index contributed by atoms with van der Waals surface area (Å²) in [5, 5.41) is 8.33. The highest BCUT2D eigenvalue weighted by atomic mass is 35.5. The van der Waals surface area contributed by atoms with Gasteiger partial charge in [-0.25, -0.2) is 0 Å². The van der Waals surface area contributed by atoms with E-state index in [1.165, 1.54) is 0 Å². The predicted molar refractivity (Wildman–Crippen MR) is 81.1 cm³/mol. The zero-order chi connectivity index (χ0) is 14.5. The molecule has 0 aliphatic rings. The zero-order valence-electron chi connectivity index (χ0n) is 12.1. The third-order valence-electron chi connectivity index (χ3n) is 3.06. The molecular formula is C15H20ClN3O. The van der Waals surface area contributed by atoms with Gasteiger partial charge in [-0.2, -0.15) is 5.10 Å². The summed E-state index contributed by atoms with van der Waals surface area (Å²) < 4.78 is 7.75. The van der Waals surface area contributed by atoms with Crippen LogP contribution in [0.2, 0.25) is 5.02 Å². The van der Waals surface area contributed by atoms with Crippen LogP contribution in [-0.4, -0.2) is 16.3 Å². The molecule has 0 saturated heterocycles. The van der Waals surface area contributed by atoms with E-state index in [2.05, 4.69) is 17.3 Å². The van der Waals surface area contributed by atoms with E-state index < -0.39 is 0 Å². The highest BCUT2D eigenvalue weighted by Crippen LogP contribution is 2.23. The molecule has 4 nitrogen and oxygen atoms in total. The molecule has 0 atom stereocenters. The average molecular weight is 294 g/mol. The molecule has 1 N–H and O–H groups in total. The van der Waals surface area contributed by atoms with Gasteiger partial charge in [-0.3, -0.25) is 4.68 Å². The number of benzene rings is 1. The van der Waals surface area contributed by atoms with Crippen molar-refractivity contribution in [3.63, 3.8) is 0 Å². The number of aromatic nitrogens is 2. The van der Waals surface area contributed by atoms with Crippen LogP contribution in [0.5, 0.6) is 5.75 Å². The van der Waals surface area contributed by atoms with Crippen LogP contribution < -0.4 is 10.1 Å². The van der Waals surface area contributed by atoms with Crippen LogP contribution in [0.3, 0.4) is 0 Å². The largest absolute Gasteiger partial charge is 0.487 e. The molecule has 1 aromatic carbocycles. The molecule has 20 heavy (non-hydrogen) atoms. The highest BCUT2D eigenvalue weighted by molar-refractivity contribution is 6.30. The molecule has 0 fully saturated rings. The van der Waals surface area contributed by atoms with E-state index >= 15 is 0 Å². The summed E-state index contributed by atoms with van der Waals surface area (Å²) in [5.41, 5.74) is 3.11. The first-order chi connectivity index (χ1) is 9.60. The molecule has 0 bridgehead atoms. The Labute approximate surface area is 124 Å². The van der Waals surface area contributed by atoms with Crippen molar-refractivity contribution in [2.45, 2.75) is 27.0 Å². The van der Waals surface area contributed by atoms with E-state index in [0.717, 1.165) is 40.8 Å². The van der Waals surface area contributed by atoms with Crippen molar-refractivity contribution >= 4 is 11.6 Å². The van der Waals surface area contributed by atoms with Gasteiger partial charge in [-0.15, -0.1) is 0 Å². The molecule has 0 aliphatic heterocycles. The summed E-state index contributed by atoms with van der Waals surface area (Å²) in [5.74, 6) is 0.856. The van der Waals surface area contributed by atoms with E-state index in [4.69, 9.17) is 16.3 Å². The molecule has 2 aromatic rings. The minimum atomic E-state index is 0.498. The van der Waals surface area contributed by atoms with Gasteiger partial charge in [0.05, 0.1) is 11.4 Å². The summed E-state index contributed by atoms with van der Waals surface area (Å²) in [6.45, 7) is 6.20. The monoisotopic (exact) mass is 293 g/mol. The van der Waals surface area contributed by atoms with Crippen LogP contribution >= 0.6 is 11.6 Å². The minimum absolute atomic E-state index is 0.498. The second kappa shape index (κ2) is 6.77. The van der Waals surface area contributed by atoms with Crippen LogP contribution in [0.4, 0.5) is 0 Å². The lowest BCUT2D eigenvalue weighted by atomic mass is 10.2. The molecule has 0 aliphatic carbocycles. The second-order valence-corrected chi connectivity index (χ2v) is 5.16. The topological polar surface area (TPSA) is 39.1 Å². The van der Waals surface area contributed by atoms with Gasteiger partial charge in [0.25, 0.3) is 0 Å². The summed E-state index contributed by atoms with van der Waals surface area (Å²) in [4.78, 5) is 0. The molecule has 1 aromatic heterocycles. The lowest BCUT2D eigenvalue weighted by molar-refractivity contribution is 0.291. The Morgan fingerprint density at radius 2 is 2.15 bits per heavy atom. The van der Waals surface area contributed by atoms with Gasteiger partial charge in [-0.05, 0) is 37.7 Å². The molecular weight excluding hydrogens is 274 g/mol. The summed E-state index contributed by atoms with van der Waals surface area (Å²) in [6, 6.07) is 7.73. The molecule has 1 heterocycles. The summed E-state index contributed by atoms with van der Waals surface area (Å²) in [7, 11) is 1.92. The van der Waals surface area contributed by atoms with Crippen molar-refractivity contribution in [3.05, 3.63) is 46.2 Å². The van der Waals surface area contributed by atoms with Crippen LogP contribution in [0.25, 0.3) is 0 Å². The number of hydrogen-bond donors (Lipinski definition) is 1. The predicted octanol–water partition coefficient (Wildman–Crippen LogP) is 3.07. The Hall–Kier alpha value is -1.52. The van der Waals surface area contributed by atoms with Gasteiger partial charge < -0.3 is 10.1 Å². The van der Waals surface area contributed by atoms with Crippen LogP contribution in [0.15, 0.2) is 24.3 Å². The minimum Gasteiger partial charge on any atom is -0.487 e. The molecule has 0 saturated carbocycles. The van der Waals surface area contributed by atoms with Crippen molar-refractivity contribution in [3.8, 4) is 5.75 Å². The first-order valence-electron chi connectivity index (χ1n) is 6.71. The van der Waals surface area contributed by atoms with Crippen molar-refractivity contribution in [2.24, 2.45) is 7.05 Å². The van der Waals surface area contributed by atoms with Crippen molar-refractivity contribution in [1.29, 1.82) is 0 Å². The lowest BCUT2D eigenvalue weighted by Crippen LogP contribution is -2.13. The fourth-order valence-corrected chi connectivity index (χ4v) is 2.23. The average Bonchev–Trinajstić information content (AvgIpc) is 2.73. The number of halogens is 1. The number of rotatable bonds is 6. The molecule has 0 spiro atoms. The van der Waals surface area contributed by atoms with Gasteiger partial charge in [0.1, 0.15) is 12.4 Å². The maximum Gasteiger partial charge on any atom is 0.130 e. The standard InChI is InChI=1S/C15H20ClN3O/c1-4-17-9-12-8-13(16)5-6-15(12)20-10-14-7-11(2)18-19(14)3/h5-8,17H,4,9-10H2,1-3H3. The second-order valence-electron chi connectivity index (χ2n) is 4.72. The van der Waals surface area contributed by atoms with Gasteiger partial charge in [-0.1, -0.05) is 18.5 Å². The fraction of sp³-hybridized carbons (Fsp3) is 0.400. The molecule has 5 heteroatoms. The maximum absolute atomic E-state index is 6.04. The fourth-order valence-electron chi connectivity index (χ4n) is 2.04. The van der Waals surface area contributed by atoms with Crippen molar-refractivity contribution < 1.29 is 4.74 Å². The SMILES string of the molecule is CCNCc1cc(Cl)ccc1OCc1cc(C)nn1C. The lowest BCUT2D eigenvalue weighted by Gasteiger charge is -2.12. The first-order valence-corrected chi connectivity index (χ1v) is 7.09. The number of aryl methyl sites for hydroxylation is 2. The Kier molecular flexibility index (Phi) is 5.04. The maximum atomic E-state index is 6.04. The van der Waals surface area contributed by atoms with Crippen LogP contribution in [0, 0.1) is 6.92 Å². The van der Waals surface area contributed by atoms with Crippen molar-refractivity contribution in [2.75, 3.05) is 6.54 Å². The molecule has 0 unspecified atom stereocenters. The van der Waals surface area contributed by atoms with Crippen LogP contribution in [0.1, 0.15) is 23.9 Å². The van der Waals surface area contributed by atoms with E-state index in [1.807, 2.05) is 42.9 Å². The van der Waals surface area contributed by atoms with E-state index in [9.17, 15) is 0 Å². The van der Waals surface area contributed by atoms with E-state index in [1.54, 1.807) is 0 Å². The quantitative estimate of drug-likeness (QED) is 0.890. The number of nitrogens with zero attached hydrogens (tertiary/aromatic N) is 2. The Balaban J connectivity index is 2.10. The smallest absolute Gasteiger partial charge is 0.130 e. The van der Waals surface area contributed by atoms with Crippen molar-refractivity contribution in [1.82, 2.24) is 15.1 Å². The first kappa shape index (κ1) is 14.9. The third-order valence-corrected chi connectivity index (χ3v) is 3.30. The molecule has 0 amide bonds. The van der Waals surface area contributed by atoms with Gasteiger partial charge in [0.15, 0.2) is 0 Å². The molecule has 0 radical (unpaired) electrons. The number of hydrogen-bond acceptors (Lipinski definition) is 3. The Morgan fingerprint density at radius 1 is 1.35 bits per heavy atom. The van der Waals surface area contributed by atoms with Gasteiger partial charge in [0, 0.05) is 24.2 Å². The number of nitrogens with one attached hydrogen (secondary N) is 1.